The lowest BCUT2D eigenvalue weighted by Gasteiger charge is -2.14. The zero-order valence-corrected chi connectivity index (χ0v) is 17.0. The van der Waals surface area contributed by atoms with Crippen molar-refractivity contribution in [1.29, 1.82) is 0 Å². The summed E-state index contributed by atoms with van der Waals surface area (Å²) in [5.74, 6) is 0.0441. The third kappa shape index (κ3) is 3.66. The molecule has 1 heterocycles. The first-order valence-corrected chi connectivity index (χ1v) is 10.3. The monoisotopic (exact) mass is 413 g/mol. The molecule has 3 aromatic rings. The van der Waals surface area contributed by atoms with E-state index in [4.69, 9.17) is 10.5 Å². The number of nitrogens with zero attached hydrogens (tertiary/aromatic N) is 1. The summed E-state index contributed by atoms with van der Waals surface area (Å²) >= 11 is 0. The SMILES string of the molecule is NC1(c2ccccc2)CC1c1ccc(NC(=O)c2cccc(N3CCOC3=O)c2)cc1. The van der Waals surface area contributed by atoms with Crippen LogP contribution in [0.15, 0.2) is 78.9 Å². The highest BCUT2D eigenvalue weighted by Gasteiger charge is 2.52. The summed E-state index contributed by atoms with van der Waals surface area (Å²) in [5.41, 5.74) is 10.5. The zero-order valence-electron chi connectivity index (χ0n) is 17.0. The topological polar surface area (TPSA) is 84.7 Å². The van der Waals surface area contributed by atoms with Crippen molar-refractivity contribution in [2.24, 2.45) is 5.73 Å². The van der Waals surface area contributed by atoms with Crippen LogP contribution < -0.4 is 16.0 Å². The number of cyclic esters (lactones) is 1. The van der Waals surface area contributed by atoms with E-state index in [1.807, 2.05) is 42.5 Å². The van der Waals surface area contributed by atoms with Crippen LogP contribution in [0.5, 0.6) is 0 Å². The van der Waals surface area contributed by atoms with E-state index >= 15 is 0 Å². The molecule has 0 bridgehead atoms. The predicted octanol–water partition coefficient (Wildman–Crippen LogP) is 4.24. The van der Waals surface area contributed by atoms with Gasteiger partial charge in [-0.1, -0.05) is 48.5 Å². The molecule has 0 spiro atoms. The third-order valence-corrected chi connectivity index (χ3v) is 6.07. The summed E-state index contributed by atoms with van der Waals surface area (Å²) in [7, 11) is 0. The van der Waals surface area contributed by atoms with Gasteiger partial charge in [-0.2, -0.15) is 0 Å². The molecular formula is C25H23N3O3. The maximum atomic E-state index is 12.7. The summed E-state index contributed by atoms with van der Waals surface area (Å²) in [6, 6.07) is 25.0. The molecule has 1 saturated heterocycles. The molecule has 1 aliphatic heterocycles. The Kier molecular flexibility index (Phi) is 4.71. The van der Waals surface area contributed by atoms with Crippen LogP contribution in [0.4, 0.5) is 16.2 Å². The van der Waals surface area contributed by atoms with Crippen molar-refractivity contribution in [3.8, 4) is 0 Å². The first-order chi connectivity index (χ1) is 15.0. The Hall–Kier alpha value is -3.64. The van der Waals surface area contributed by atoms with Crippen LogP contribution in [0.2, 0.25) is 0 Å². The summed E-state index contributed by atoms with van der Waals surface area (Å²) < 4.78 is 4.97. The average Bonchev–Trinajstić information content (AvgIpc) is 3.32. The number of nitrogens with two attached hydrogens (primary N) is 1. The van der Waals surface area contributed by atoms with E-state index in [0.29, 0.717) is 30.1 Å². The molecule has 1 aliphatic carbocycles. The van der Waals surface area contributed by atoms with E-state index in [1.165, 1.54) is 10.5 Å². The molecule has 2 aliphatic rings. The minimum atomic E-state index is -0.389. The fraction of sp³-hybridized carbons (Fsp3) is 0.200. The molecule has 6 heteroatoms. The number of anilines is 2. The predicted molar refractivity (Wildman–Crippen MR) is 119 cm³/mol. The highest BCUT2D eigenvalue weighted by Crippen LogP contribution is 2.56. The molecule has 5 rings (SSSR count). The van der Waals surface area contributed by atoms with Gasteiger partial charge in [-0.25, -0.2) is 4.79 Å². The first kappa shape index (κ1) is 19.3. The molecule has 3 N–H and O–H groups in total. The number of nitrogens with one attached hydrogen (secondary N) is 1. The van der Waals surface area contributed by atoms with Gasteiger partial charge in [-0.3, -0.25) is 9.69 Å². The number of hydrogen-bond donors (Lipinski definition) is 2. The highest BCUT2D eigenvalue weighted by atomic mass is 16.6. The molecule has 2 fully saturated rings. The molecule has 156 valence electrons. The second-order valence-electron chi connectivity index (χ2n) is 8.06. The number of carbonyl (C=O) groups is 2. The van der Waals surface area contributed by atoms with Gasteiger partial charge in [-0.05, 0) is 47.9 Å². The van der Waals surface area contributed by atoms with Gasteiger partial charge in [0.1, 0.15) is 6.61 Å². The maximum absolute atomic E-state index is 12.7. The van der Waals surface area contributed by atoms with E-state index < -0.39 is 0 Å². The summed E-state index contributed by atoms with van der Waals surface area (Å²) in [6.45, 7) is 0.842. The first-order valence-electron chi connectivity index (χ1n) is 10.3. The second kappa shape index (κ2) is 7.56. The van der Waals surface area contributed by atoms with E-state index in [9.17, 15) is 9.59 Å². The van der Waals surface area contributed by atoms with Crippen molar-refractivity contribution in [1.82, 2.24) is 0 Å². The Morgan fingerprint density at radius 3 is 2.52 bits per heavy atom. The Bertz CT molecular complexity index is 1130. The van der Waals surface area contributed by atoms with Crippen molar-refractivity contribution in [2.45, 2.75) is 17.9 Å². The summed E-state index contributed by atoms with van der Waals surface area (Å²) in [5, 5.41) is 2.92. The molecule has 6 nitrogen and oxygen atoms in total. The molecule has 2 amide bonds. The van der Waals surface area contributed by atoms with Crippen molar-refractivity contribution in [3.05, 3.63) is 95.6 Å². The van der Waals surface area contributed by atoms with Crippen LogP contribution >= 0.6 is 0 Å². The van der Waals surface area contributed by atoms with Crippen molar-refractivity contribution in [3.63, 3.8) is 0 Å². The third-order valence-electron chi connectivity index (χ3n) is 6.07. The number of amides is 2. The van der Waals surface area contributed by atoms with Crippen molar-refractivity contribution < 1.29 is 14.3 Å². The quantitative estimate of drug-likeness (QED) is 0.655. The van der Waals surface area contributed by atoms with Gasteiger partial charge in [0.2, 0.25) is 0 Å². The molecule has 2 atom stereocenters. The molecule has 1 saturated carbocycles. The smallest absolute Gasteiger partial charge is 0.414 e. The van der Waals surface area contributed by atoms with E-state index in [2.05, 4.69) is 17.4 Å². The molecule has 3 aromatic carbocycles. The lowest BCUT2D eigenvalue weighted by atomic mass is 9.99. The molecule has 2 unspecified atom stereocenters. The van der Waals surface area contributed by atoms with Gasteiger partial charge in [-0.15, -0.1) is 0 Å². The van der Waals surface area contributed by atoms with Gasteiger partial charge in [0, 0.05) is 28.4 Å². The Balaban J connectivity index is 1.26. The molecule has 0 radical (unpaired) electrons. The van der Waals surface area contributed by atoms with Gasteiger partial charge in [0.15, 0.2) is 0 Å². The molecular weight excluding hydrogens is 390 g/mol. The van der Waals surface area contributed by atoms with Crippen LogP contribution in [0.1, 0.15) is 33.8 Å². The van der Waals surface area contributed by atoms with Gasteiger partial charge < -0.3 is 15.8 Å². The van der Waals surface area contributed by atoms with Crippen LogP contribution in [0, 0.1) is 0 Å². The maximum Gasteiger partial charge on any atom is 0.414 e. The number of hydrogen-bond acceptors (Lipinski definition) is 4. The van der Waals surface area contributed by atoms with Gasteiger partial charge in [0.05, 0.1) is 6.54 Å². The van der Waals surface area contributed by atoms with Gasteiger partial charge in [0.25, 0.3) is 5.91 Å². The number of carbonyl (C=O) groups excluding carboxylic acids is 2. The number of benzene rings is 3. The Morgan fingerprint density at radius 1 is 1.03 bits per heavy atom. The molecule has 31 heavy (non-hydrogen) atoms. The van der Waals surface area contributed by atoms with E-state index in [0.717, 1.165) is 12.0 Å². The van der Waals surface area contributed by atoms with Crippen LogP contribution in [-0.4, -0.2) is 25.2 Å². The van der Waals surface area contributed by atoms with Crippen LogP contribution in [-0.2, 0) is 10.3 Å². The van der Waals surface area contributed by atoms with E-state index in [-0.39, 0.29) is 23.5 Å². The fourth-order valence-corrected chi connectivity index (χ4v) is 4.21. The Morgan fingerprint density at radius 2 is 1.81 bits per heavy atom. The van der Waals surface area contributed by atoms with Crippen molar-refractivity contribution in [2.75, 3.05) is 23.4 Å². The standard InChI is InChI=1S/C25H23N3O3/c26-25(19-6-2-1-3-7-19)16-22(25)17-9-11-20(12-10-17)27-23(29)18-5-4-8-21(15-18)28-13-14-31-24(28)30/h1-12,15,22H,13-14,16,26H2,(H,27,29). The average molecular weight is 413 g/mol. The zero-order chi connectivity index (χ0) is 21.4. The van der Waals surface area contributed by atoms with Crippen molar-refractivity contribution >= 4 is 23.4 Å². The summed E-state index contributed by atoms with van der Waals surface area (Å²) in [6.07, 6.45) is 0.522. The summed E-state index contributed by atoms with van der Waals surface area (Å²) in [4.78, 5) is 26.0. The number of rotatable bonds is 5. The van der Waals surface area contributed by atoms with Crippen LogP contribution in [0.25, 0.3) is 0 Å². The van der Waals surface area contributed by atoms with Crippen LogP contribution in [0.3, 0.4) is 0 Å². The number of ether oxygens (including phenoxy) is 1. The fourth-order valence-electron chi connectivity index (χ4n) is 4.21. The van der Waals surface area contributed by atoms with Gasteiger partial charge >= 0.3 is 6.09 Å². The minimum Gasteiger partial charge on any atom is -0.447 e. The largest absolute Gasteiger partial charge is 0.447 e. The normalized spacial score (nSPS) is 22.2. The lowest BCUT2D eigenvalue weighted by molar-refractivity contribution is 0.102. The highest BCUT2D eigenvalue weighted by molar-refractivity contribution is 6.05. The minimum absolute atomic E-state index is 0.231. The lowest BCUT2D eigenvalue weighted by Crippen LogP contribution is -2.23. The molecule has 0 aromatic heterocycles. The van der Waals surface area contributed by atoms with E-state index in [1.54, 1.807) is 24.3 Å². The Labute approximate surface area is 180 Å². The second-order valence-corrected chi connectivity index (χ2v) is 8.06.